The van der Waals surface area contributed by atoms with Crippen LogP contribution in [0.15, 0.2) is 24.3 Å². The van der Waals surface area contributed by atoms with E-state index in [0.717, 1.165) is 19.0 Å². The van der Waals surface area contributed by atoms with Crippen LogP contribution in [0.3, 0.4) is 0 Å². The summed E-state index contributed by atoms with van der Waals surface area (Å²) in [5, 5.41) is 9.82. The van der Waals surface area contributed by atoms with Crippen LogP contribution in [0.25, 0.3) is 0 Å². The van der Waals surface area contributed by atoms with Gasteiger partial charge in [0.1, 0.15) is 0 Å². The van der Waals surface area contributed by atoms with Crippen molar-refractivity contribution in [3.63, 3.8) is 0 Å². The molecule has 0 bridgehead atoms. The van der Waals surface area contributed by atoms with E-state index in [1.807, 2.05) is 11.8 Å². The normalized spacial score (nSPS) is 30.8. The molecular formula is C22H31NO2. The highest BCUT2D eigenvalue weighted by Crippen LogP contribution is 2.54. The van der Waals surface area contributed by atoms with Crippen LogP contribution in [0.1, 0.15) is 63.5 Å². The number of amides is 1. The van der Waals surface area contributed by atoms with Crippen LogP contribution in [0.5, 0.6) is 0 Å². The van der Waals surface area contributed by atoms with E-state index in [0.29, 0.717) is 24.2 Å². The lowest BCUT2D eigenvalue weighted by Crippen LogP contribution is -2.66. The van der Waals surface area contributed by atoms with E-state index < -0.39 is 5.60 Å². The first kappa shape index (κ1) is 17.1. The van der Waals surface area contributed by atoms with Gasteiger partial charge in [0.25, 0.3) is 0 Å². The molecule has 0 radical (unpaired) electrons. The quantitative estimate of drug-likeness (QED) is 0.906. The fourth-order valence-electron chi connectivity index (χ4n) is 5.33. The third kappa shape index (κ3) is 3.23. The first-order chi connectivity index (χ1) is 11.8. The Kier molecular flexibility index (Phi) is 3.99. The molecule has 3 nitrogen and oxygen atoms in total. The average Bonchev–Trinajstić information content (AvgIpc) is 2.45. The molecule has 3 heteroatoms. The highest BCUT2D eigenvalue weighted by molar-refractivity contribution is 5.81. The number of hydrogen-bond acceptors (Lipinski definition) is 2. The molecule has 2 aliphatic carbocycles. The molecular weight excluding hydrogens is 310 g/mol. The van der Waals surface area contributed by atoms with Gasteiger partial charge in [-0.2, -0.15) is 0 Å². The van der Waals surface area contributed by atoms with Gasteiger partial charge < -0.3 is 10.0 Å². The molecule has 4 rings (SSSR count). The number of rotatable bonds is 4. The molecule has 0 aromatic heterocycles. The van der Waals surface area contributed by atoms with Gasteiger partial charge >= 0.3 is 0 Å². The topological polar surface area (TPSA) is 40.5 Å². The Morgan fingerprint density at radius 3 is 2.52 bits per heavy atom. The van der Waals surface area contributed by atoms with Gasteiger partial charge in [0, 0.05) is 24.4 Å². The molecule has 1 amide bonds. The minimum absolute atomic E-state index is 0.0713. The molecule has 1 aliphatic heterocycles. The third-order valence-corrected chi connectivity index (χ3v) is 6.67. The second-order valence-corrected chi connectivity index (χ2v) is 9.67. The van der Waals surface area contributed by atoms with Crippen molar-refractivity contribution in [3.8, 4) is 0 Å². The number of benzene rings is 1. The lowest BCUT2D eigenvalue weighted by Gasteiger charge is -2.60. The maximum absolute atomic E-state index is 12.4. The standard InChI is InChI=1S/C22H31NO2/c1-15(2)18-6-4-5-16(8-18)7-17-9-22(10-17)13-23(14-22)20(24)19-11-21(3,25)12-19/h4-6,8,15,17,19,25H,7,9-14H2,1-3H3/t19-,21+. The minimum atomic E-state index is -0.602. The van der Waals surface area contributed by atoms with E-state index in [9.17, 15) is 9.90 Å². The van der Waals surface area contributed by atoms with Gasteiger partial charge in [-0.25, -0.2) is 0 Å². The predicted octanol–water partition coefficient (Wildman–Crippen LogP) is 3.75. The van der Waals surface area contributed by atoms with Crippen molar-refractivity contribution in [2.45, 2.75) is 64.4 Å². The SMILES string of the molecule is CC(C)c1cccc(CC2CC3(C2)CN(C(=O)[C@H]2C[C@@](C)(O)C2)C3)c1. The second-order valence-electron chi connectivity index (χ2n) is 9.67. The molecule has 0 unspecified atom stereocenters. The minimum Gasteiger partial charge on any atom is -0.390 e. The highest BCUT2D eigenvalue weighted by atomic mass is 16.3. The van der Waals surface area contributed by atoms with Gasteiger partial charge in [-0.3, -0.25) is 4.79 Å². The number of aliphatic hydroxyl groups is 1. The summed E-state index contributed by atoms with van der Waals surface area (Å²) in [5.41, 5.74) is 2.72. The van der Waals surface area contributed by atoms with E-state index >= 15 is 0 Å². The zero-order valence-corrected chi connectivity index (χ0v) is 15.8. The molecule has 2 saturated carbocycles. The average molecular weight is 341 g/mol. The van der Waals surface area contributed by atoms with Gasteiger partial charge in [-0.1, -0.05) is 38.1 Å². The van der Waals surface area contributed by atoms with Crippen molar-refractivity contribution in [2.75, 3.05) is 13.1 Å². The zero-order chi connectivity index (χ0) is 17.8. The van der Waals surface area contributed by atoms with Crippen molar-refractivity contribution in [1.29, 1.82) is 0 Å². The molecule has 1 aromatic carbocycles. The fourth-order valence-corrected chi connectivity index (χ4v) is 5.33. The number of nitrogens with zero attached hydrogens (tertiary/aromatic N) is 1. The maximum atomic E-state index is 12.4. The third-order valence-electron chi connectivity index (χ3n) is 6.67. The van der Waals surface area contributed by atoms with E-state index in [1.165, 1.54) is 30.4 Å². The van der Waals surface area contributed by atoms with Crippen LogP contribution in [-0.2, 0) is 11.2 Å². The van der Waals surface area contributed by atoms with Crippen molar-refractivity contribution < 1.29 is 9.90 Å². The summed E-state index contributed by atoms with van der Waals surface area (Å²) in [6.07, 6.45) is 5.01. The molecule has 0 atom stereocenters. The second kappa shape index (κ2) is 5.84. The molecule has 1 N–H and O–H groups in total. The van der Waals surface area contributed by atoms with E-state index in [1.54, 1.807) is 0 Å². The summed E-state index contributed by atoms with van der Waals surface area (Å²) < 4.78 is 0. The molecule has 1 aromatic rings. The van der Waals surface area contributed by atoms with Gasteiger partial charge in [-0.05, 0) is 62.0 Å². The predicted molar refractivity (Wildman–Crippen MR) is 99.3 cm³/mol. The highest BCUT2D eigenvalue weighted by Gasteiger charge is 2.55. The molecule has 136 valence electrons. The van der Waals surface area contributed by atoms with E-state index in [-0.39, 0.29) is 11.8 Å². The Morgan fingerprint density at radius 2 is 1.92 bits per heavy atom. The summed E-state index contributed by atoms with van der Waals surface area (Å²) in [7, 11) is 0. The summed E-state index contributed by atoms with van der Waals surface area (Å²) in [5.74, 6) is 1.72. The monoisotopic (exact) mass is 341 g/mol. The fraction of sp³-hybridized carbons (Fsp3) is 0.682. The van der Waals surface area contributed by atoms with Gasteiger partial charge in [0.15, 0.2) is 0 Å². The van der Waals surface area contributed by atoms with Gasteiger partial charge in [-0.15, -0.1) is 0 Å². The Morgan fingerprint density at radius 1 is 1.24 bits per heavy atom. The summed E-state index contributed by atoms with van der Waals surface area (Å²) >= 11 is 0. The smallest absolute Gasteiger partial charge is 0.225 e. The van der Waals surface area contributed by atoms with Crippen molar-refractivity contribution in [1.82, 2.24) is 4.90 Å². The Hall–Kier alpha value is -1.35. The van der Waals surface area contributed by atoms with Crippen LogP contribution in [0, 0.1) is 17.3 Å². The number of carbonyl (C=O) groups excluding carboxylic acids is 1. The molecule has 3 fully saturated rings. The largest absolute Gasteiger partial charge is 0.390 e. The molecule has 1 spiro atoms. The number of hydrogen-bond donors (Lipinski definition) is 1. The number of likely N-dealkylation sites (tertiary alicyclic amines) is 1. The summed E-state index contributed by atoms with van der Waals surface area (Å²) in [4.78, 5) is 14.4. The van der Waals surface area contributed by atoms with Crippen molar-refractivity contribution >= 4 is 5.91 Å². The van der Waals surface area contributed by atoms with E-state index in [4.69, 9.17) is 0 Å². The molecule has 25 heavy (non-hydrogen) atoms. The van der Waals surface area contributed by atoms with Crippen LogP contribution >= 0.6 is 0 Å². The Balaban J connectivity index is 1.24. The zero-order valence-electron chi connectivity index (χ0n) is 15.8. The van der Waals surface area contributed by atoms with Crippen LogP contribution in [-0.4, -0.2) is 34.6 Å². The van der Waals surface area contributed by atoms with Crippen molar-refractivity contribution in [3.05, 3.63) is 35.4 Å². The molecule has 1 heterocycles. The maximum Gasteiger partial charge on any atom is 0.225 e. The Labute approximate surface area is 151 Å². The lowest BCUT2D eigenvalue weighted by atomic mass is 9.56. The van der Waals surface area contributed by atoms with Crippen LogP contribution in [0.4, 0.5) is 0 Å². The van der Waals surface area contributed by atoms with Crippen LogP contribution < -0.4 is 0 Å². The first-order valence-corrected chi connectivity index (χ1v) is 9.85. The van der Waals surface area contributed by atoms with Gasteiger partial charge in [0.05, 0.1) is 5.60 Å². The summed E-state index contributed by atoms with van der Waals surface area (Å²) in [6, 6.07) is 9.05. The molecule has 3 aliphatic rings. The van der Waals surface area contributed by atoms with Crippen molar-refractivity contribution in [2.24, 2.45) is 17.3 Å². The van der Waals surface area contributed by atoms with Gasteiger partial charge in [0.2, 0.25) is 5.91 Å². The summed E-state index contributed by atoms with van der Waals surface area (Å²) in [6.45, 7) is 8.23. The molecule has 1 saturated heterocycles. The Bertz CT molecular complexity index is 656. The lowest BCUT2D eigenvalue weighted by molar-refractivity contribution is -0.171. The van der Waals surface area contributed by atoms with Crippen LogP contribution in [0.2, 0.25) is 0 Å². The van der Waals surface area contributed by atoms with E-state index in [2.05, 4.69) is 38.1 Å². The first-order valence-electron chi connectivity index (χ1n) is 9.85. The number of carbonyl (C=O) groups is 1.